The van der Waals surface area contributed by atoms with E-state index in [1.165, 1.54) is 11.3 Å². The van der Waals surface area contributed by atoms with Crippen LogP contribution in [-0.4, -0.2) is 29.2 Å². The van der Waals surface area contributed by atoms with Gasteiger partial charge in [-0.25, -0.2) is 4.98 Å². The van der Waals surface area contributed by atoms with Gasteiger partial charge < -0.3 is 13.8 Å². The first-order valence-electron chi connectivity index (χ1n) is 11.6. The van der Waals surface area contributed by atoms with Crippen LogP contribution in [-0.2, 0) is 20.0 Å². The van der Waals surface area contributed by atoms with E-state index in [1.807, 2.05) is 65.8 Å². The lowest BCUT2D eigenvalue weighted by molar-refractivity contribution is 0.102. The van der Waals surface area contributed by atoms with Crippen LogP contribution in [0.4, 0.5) is 5.13 Å². The normalized spacial score (nSPS) is 11.9. The lowest BCUT2D eigenvalue weighted by Gasteiger charge is -2.23. The second-order valence-corrected chi connectivity index (χ2v) is 11.8. The number of amides is 1. The maximum absolute atomic E-state index is 13.4. The first kappa shape index (κ1) is 27.1. The first-order chi connectivity index (χ1) is 16.5. The van der Waals surface area contributed by atoms with Crippen LogP contribution >= 0.6 is 18.9 Å². The summed E-state index contributed by atoms with van der Waals surface area (Å²) < 4.78 is 30.7. The molecule has 0 bridgehead atoms. The molecule has 0 aliphatic rings. The van der Waals surface area contributed by atoms with Gasteiger partial charge in [0, 0.05) is 17.1 Å². The second kappa shape index (κ2) is 12.0. The van der Waals surface area contributed by atoms with Gasteiger partial charge in [0.15, 0.2) is 5.13 Å². The highest BCUT2D eigenvalue weighted by molar-refractivity contribution is 7.62. The predicted octanol–water partition coefficient (Wildman–Crippen LogP) is 6.44. The summed E-state index contributed by atoms with van der Waals surface area (Å²) >= 11 is 1.36. The summed E-state index contributed by atoms with van der Waals surface area (Å²) in [5, 5.41) is 5.68. The number of nitrogens with one attached hydrogen (secondary N) is 1. The zero-order valence-electron chi connectivity index (χ0n) is 21.0. The number of rotatable bonds is 11. The van der Waals surface area contributed by atoms with Crippen molar-refractivity contribution in [2.24, 2.45) is 0 Å². The van der Waals surface area contributed by atoms with Gasteiger partial charge in [0.2, 0.25) is 0 Å². The van der Waals surface area contributed by atoms with Gasteiger partial charge in [-0.15, -0.1) is 11.3 Å². The Kier molecular flexibility index (Phi) is 9.25. The van der Waals surface area contributed by atoms with Crippen LogP contribution < -0.4 is 15.4 Å². The van der Waals surface area contributed by atoms with E-state index in [2.05, 4.69) is 10.3 Å². The molecule has 188 valence electrons. The Morgan fingerprint density at radius 3 is 2.14 bits per heavy atom. The quantitative estimate of drug-likeness (QED) is 0.295. The molecule has 0 spiro atoms. The largest absolute Gasteiger partial charge is 0.491 e. The molecule has 1 amide bonds. The summed E-state index contributed by atoms with van der Waals surface area (Å²) in [6.07, 6.45) is 1.70. The molecule has 0 atom stereocenters. The van der Waals surface area contributed by atoms with Gasteiger partial charge in [0.05, 0.1) is 23.6 Å². The molecule has 1 aromatic heterocycles. The average molecular weight is 517 g/mol. The number of thiazole rings is 1. The molecule has 0 unspecified atom stereocenters. The molecule has 3 rings (SSSR count). The third-order valence-corrected chi connectivity index (χ3v) is 7.63. The molecular formula is C26H33N2O5PS. The van der Waals surface area contributed by atoms with Crippen molar-refractivity contribution < 1.29 is 23.1 Å². The minimum atomic E-state index is -3.44. The molecule has 2 aromatic carbocycles. The molecule has 0 aliphatic carbocycles. The van der Waals surface area contributed by atoms with E-state index in [1.54, 1.807) is 29.8 Å². The Labute approximate surface area is 211 Å². The van der Waals surface area contributed by atoms with Gasteiger partial charge in [-0.2, -0.15) is 0 Å². The third kappa shape index (κ3) is 8.00. The molecule has 3 aromatic rings. The number of anilines is 1. The Balaban J connectivity index is 1.85. The summed E-state index contributed by atoms with van der Waals surface area (Å²) in [4.78, 5) is 16.9. The van der Waals surface area contributed by atoms with Crippen molar-refractivity contribution in [3.8, 4) is 5.75 Å². The Hall–Kier alpha value is -2.51. The SMILES string of the molecule is CC(C)Oc1cc(Cc2ccc(P(=O)(OC(C)C)OC(C)C)cc2)cc(C(=O)Nc2nccs2)c1. The van der Waals surface area contributed by atoms with Gasteiger partial charge in [-0.1, -0.05) is 12.1 Å². The van der Waals surface area contributed by atoms with Gasteiger partial charge in [0.1, 0.15) is 5.75 Å². The van der Waals surface area contributed by atoms with Gasteiger partial charge in [-0.3, -0.25) is 14.7 Å². The van der Waals surface area contributed by atoms with Crippen molar-refractivity contribution >= 4 is 35.3 Å². The maximum Gasteiger partial charge on any atom is 0.361 e. The van der Waals surface area contributed by atoms with E-state index in [0.29, 0.717) is 28.2 Å². The number of hydrogen-bond acceptors (Lipinski definition) is 7. The number of hydrogen-bond donors (Lipinski definition) is 1. The monoisotopic (exact) mass is 516 g/mol. The summed E-state index contributed by atoms with van der Waals surface area (Å²) in [5.41, 5.74) is 2.40. The topological polar surface area (TPSA) is 86.8 Å². The fourth-order valence-electron chi connectivity index (χ4n) is 3.42. The number of aromatic nitrogens is 1. The summed E-state index contributed by atoms with van der Waals surface area (Å²) in [5.74, 6) is 0.377. The second-order valence-electron chi connectivity index (χ2n) is 8.97. The minimum absolute atomic E-state index is 0.0320. The van der Waals surface area contributed by atoms with Crippen LogP contribution in [0.1, 0.15) is 63.0 Å². The van der Waals surface area contributed by atoms with E-state index in [-0.39, 0.29) is 24.2 Å². The summed E-state index contributed by atoms with van der Waals surface area (Å²) in [6, 6.07) is 12.9. The number of ether oxygens (including phenoxy) is 1. The van der Waals surface area contributed by atoms with Crippen molar-refractivity contribution in [2.45, 2.75) is 66.3 Å². The number of carbonyl (C=O) groups is 1. The highest BCUT2D eigenvalue weighted by atomic mass is 32.1. The molecule has 0 saturated carbocycles. The van der Waals surface area contributed by atoms with Crippen LogP contribution in [0.25, 0.3) is 0 Å². The van der Waals surface area contributed by atoms with Crippen molar-refractivity contribution in [1.82, 2.24) is 4.98 Å². The number of benzene rings is 2. The van der Waals surface area contributed by atoms with Crippen molar-refractivity contribution in [1.29, 1.82) is 0 Å². The highest BCUT2D eigenvalue weighted by Gasteiger charge is 2.30. The van der Waals surface area contributed by atoms with E-state index in [0.717, 1.165) is 11.1 Å². The Morgan fingerprint density at radius 1 is 0.943 bits per heavy atom. The number of nitrogens with zero attached hydrogens (tertiary/aromatic N) is 1. The van der Waals surface area contributed by atoms with Crippen molar-refractivity contribution in [3.05, 3.63) is 70.7 Å². The molecule has 7 nitrogen and oxygen atoms in total. The lowest BCUT2D eigenvalue weighted by atomic mass is 10.0. The number of carbonyl (C=O) groups excluding carboxylic acids is 1. The average Bonchev–Trinajstić information content (AvgIpc) is 3.25. The highest BCUT2D eigenvalue weighted by Crippen LogP contribution is 2.49. The molecule has 0 aliphatic heterocycles. The predicted molar refractivity (Wildman–Crippen MR) is 141 cm³/mol. The van der Waals surface area contributed by atoms with E-state index in [4.69, 9.17) is 13.8 Å². The zero-order valence-corrected chi connectivity index (χ0v) is 22.7. The van der Waals surface area contributed by atoms with Crippen LogP contribution in [0.2, 0.25) is 0 Å². The smallest absolute Gasteiger partial charge is 0.361 e. The van der Waals surface area contributed by atoms with Gasteiger partial charge in [-0.05, 0) is 89.4 Å². The fourth-order valence-corrected chi connectivity index (χ4v) is 5.86. The molecule has 1 heterocycles. The fraction of sp³-hybridized carbons (Fsp3) is 0.385. The van der Waals surface area contributed by atoms with Gasteiger partial charge >= 0.3 is 7.60 Å². The Bertz CT molecular complexity index is 1150. The van der Waals surface area contributed by atoms with E-state index < -0.39 is 7.60 Å². The standard InChI is InChI=1S/C26H33N2O5PS/c1-17(2)31-23-15-21(14-22(16-23)25(29)28-26-27-11-12-35-26)13-20-7-9-24(10-8-20)34(30,32-18(3)4)33-19(5)6/h7-12,14-19H,13H2,1-6H3,(H,27,28,29). The van der Waals surface area contributed by atoms with Crippen LogP contribution in [0.5, 0.6) is 5.75 Å². The van der Waals surface area contributed by atoms with Crippen molar-refractivity contribution in [3.63, 3.8) is 0 Å². The van der Waals surface area contributed by atoms with Gasteiger partial charge in [0.25, 0.3) is 5.91 Å². The molecule has 9 heteroatoms. The third-order valence-electron chi connectivity index (χ3n) is 4.61. The van der Waals surface area contributed by atoms with Crippen LogP contribution in [0.15, 0.2) is 54.0 Å². The summed E-state index contributed by atoms with van der Waals surface area (Å²) in [7, 11) is -3.44. The molecule has 0 fully saturated rings. The van der Waals surface area contributed by atoms with Crippen LogP contribution in [0, 0.1) is 0 Å². The molecule has 1 N–H and O–H groups in total. The van der Waals surface area contributed by atoms with Crippen molar-refractivity contribution in [2.75, 3.05) is 5.32 Å². The van der Waals surface area contributed by atoms with E-state index in [9.17, 15) is 9.36 Å². The van der Waals surface area contributed by atoms with Crippen LogP contribution in [0.3, 0.4) is 0 Å². The molecular weight excluding hydrogens is 483 g/mol. The van der Waals surface area contributed by atoms with E-state index >= 15 is 0 Å². The molecule has 35 heavy (non-hydrogen) atoms. The molecule has 0 radical (unpaired) electrons. The lowest BCUT2D eigenvalue weighted by Crippen LogP contribution is -2.17. The maximum atomic E-state index is 13.4. The first-order valence-corrected chi connectivity index (χ1v) is 14.0. The zero-order chi connectivity index (χ0) is 25.6. The molecule has 0 saturated heterocycles. The minimum Gasteiger partial charge on any atom is -0.491 e. The summed E-state index contributed by atoms with van der Waals surface area (Å²) in [6.45, 7) is 11.2. The Morgan fingerprint density at radius 2 is 1.60 bits per heavy atom.